The van der Waals surface area contributed by atoms with Crippen LogP contribution in [0.4, 0.5) is 0 Å². The standard InChI is InChI=1S/C18H23NO4/c1-10(2)5-15(18(21)22)19-17(20)8-13-9-23-16-7-12(4)11(3)6-14(13)16/h6-7,9-10,15H,5,8H2,1-4H3,(H,19,20)(H,21,22). The molecular formula is C18H23NO4. The maximum Gasteiger partial charge on any atom is 0.326 e. The van der Waals surface area contributed by atoms with Crippen LogP contribution in [0.3, 0.4) is 0 Å². The Kier molecular flexibility index (Phi) is 5.08. The van der Waals surface area contributed by atoms with Crippen LogP contribution in [0.5, 0.6) is 0 Å². The van der Waals surface area contributed by atoms with Crippen molar-refractivity contribution in [2.24, 2.45) is 5.92 Å². The summed E-state index contributed by atoms with van der Waals surface area (Å²) < 4.78 is 5.51. The quantitative estimate of drug-likeness (QED) is 0.857. The number of rotatable bonds is 6. The number of benzene rings is 1. The third-order valence-electron chi connectivity index (χ3n) is 3.96. The molecule has 0 bridgehead atoms. The Hall–Kier alpha value is -2.30. The predicted octanol–water partition coefficient (Wildman–Crippen LogP) is 3.21. The normalized spacial score (nSPS) is 12.6. The molecular weight excluding hydrogens is 294 g/mol. The minimum atomic E-state index is -1.00. The van der Waals surface area contributed by atoms with Gasteiger partial charge in [0.1, 0.15) is 11.6 Å². The first kappa shape index (κ1) is 17.1. The molecule has 5 heteroatoms. The molecule has 5 nitrogen and oxygen atoms in total. The molecule has 0 radical (unpaired) electrons. The van der Waals surface area contributed by atoms with Crippen molar-refractivity contribution in [3.8, 4) is 0 Å². The Balaban J connectivity index is 2.14. The summed E-state index contributed by atoms with van der Waals surface area (Å²) in [4.78, 5) is 23.4. The zero-order chi connectivity index (χ0) is 17.1. The maximum atomic E-state index is 12.2. The number of furan rings is 1. The number of aliphatic carboxylic acids is 1. The largest absolute Gasteiger partial charge is 0.480 e. The monoisotopic (exact) mass is 317 g/mol. The summed E-state index contributed by atoms with van der Waals surface area (Å²) in [5, 5.41) is 12.7. The van der Waals surface area contributed by atoms with E-state index in [2.05, 4.69) is 5.32 Å². The summed E-state index contributed by atoms with van der Waals surface area (Å²) in [6, 6.07) is 3.09. The van der Waals surface area contributed by atoms with Crippen LogP contribution in [0, 0.1) is 19.8 Å². The molecule has 124 valence electrons. The van der Waals surface area contributed by atoms with Crippen LogP contribution in [0.2, 0.25) is 0 Å². The first-order valence-corrected chi connectivity index (χ1v) is 7.77. The molecule has 0 spiro atoms. The molecule has 0 aliphatic heterocycles. The second-order valence-corrected chi connectivity index (χ2v) is 6.46. The zero-order valence-electron chi connectivity index (χ0n) is 14.0. The van der Waals surface area contributed by atoms with Gasteiger partial charge in [0.05, 0.1) is 12.7 Å². The van der Waals surface area contributed by atoms with Crippen molar-refractivity contribution in [3.05, 3.63) is 35.1 Å². The molecule has 0 aliphatic rings. The van der Waals surface area contributed by atoms with E-state index in [0.29, 0.717) is 6.42 Å². The highest BCUT2D eigenvalue weighted by molar-refractivity contribution is 5.90. The minimum Gasteiger partial charge on any atom is -0.480 e. The minimum absolute atomic E-state index is 0.109. The number of aryl methyl sites for hydroxylation is 2. The van der Waals surface area contributed by atoms with E-state index in [0.717, 1.165) is 27.7 Å². The molecule has 1 unspecified atom stereocenters. The van der Waals surface area contributed by atoms with Gasteiger partial charge in [-0.3, -0.25) is 4.79 Å². The Morgan fingerprint density at radius 2 is 1.87 bits per heavy atom. The smallest absolute Gasteiger partial charge is 0.326 e. The summed E-state index contributed by atoms with van der Waals surface area (Å²) in [6.07, 6.45) is 2.09. The summed E-state index contributed by atoms with van der Waals surface area (Å²) >= 11 is 0. The molecule has 0 fully saturated rings. The number of hydrogen-bond donors (Lipinski definition) is 2. The fourth-order valence-electron chi connectivity index (χ4n) is 2.58. The lowest BCUT2D eigenvalue weighted by atomic mass is 10.0. The molecule has 1 amide bonds. The number of fused-ring (bicyclic) bond motifs is 1. The van der Waals surface area contributed by atoms with Gasteiger partial charge in [0, 0.05) is 10.9 Å². The number of carboxylic acids is 1. The van der Waals surface area contributed by atoms with Crippen molar-refractivity contribution in [1.29, 1.82) is 0 Å². The van der Waals surface area contributed by atoms with E-state index in [9.17, 15) is 14.7 Å². The molecule has 1 aromatic carbocycles. The summed E-state index contributed by atoms with van der Waals surface area (Å²) in [5.74, 6) is -1.12. The van der Waals surface area contributed by atoms with Crippen LogP contribution in [0.25, 0.3) is 11.0 Å². The lowest BCUT2D eigenvalue weighted by Gasteiger charge is -2.16. The van der Waals surface area contributed by atoms with Crippen LogP contribution in [-0.2, 0) is 16.0 Å². The average Bonchev–Trinajstić information content (AvgIpc) is 2.80. The molecule has 1 aromatic heterocycles. The SMILES string of the molecule is Cc1cc2occ(CC(=O)NC(CC(C)C)C(=O)O)c2cc1C. The van der Waals surface area contributed by atoms with Crippen LogP contribution in [-0.4, -0.2) is 23.0 Å². The fourth-order valence-corrected chi connectivity index (χ4v) is 2.58. The van der Waals surface area contributed by atoms with Gasteiger partial charge in [0.2, 0.25) is 5.91 Å². The first-order chi connectivity index (χ1) is 10.8. The Bertz CT molecular complexity index is 730. The van der Waals surface area contributed by atoms with E-state index in [1.807, 2.05) is 39.8 Å². The van der Waals surface area contributed by atoms with Crippen molar-refractivity contribution in [1.82, 2.24) is 5.32 Å². The van der Waals surface area contributed by atoms with Gasteiger partial charge in [0.25, 0.3) is 0 Å². The second-order valence-electron chi connectivity index (χ2n) is 6.46. The first-order valence-electron chi connectivity index (χ1n) is 7.77. The van der Waals surface area contributed by atoms with Crippen LogP contribution in [0.1, 0.15) is 37.0 Å². The van der Waals surface area contributed by atoms with E-state index >= 15 is 0 Å². The van der Waals surface area contributed by atoms with E-state index in [-0.39, 0.29) is 18.2 Å². The van der Waals surface area contributed by atoms with Crippen molar-refractivity contribution in [2.45, 2.75) is 46.6 Å². The molecule has 23 heavy (non-hydrogen) atoms. The van der Waals surface area contributed by atoms with Crippen molar-refractivity contribution in [3.63, 3.8) is 0 Å². The van der Waals surface area contributed by atoms with Gasteiger partial charge in [-0.2, -0.15) is 0 Å². The topological polar surface area (TPSA) is 79.5 Å². The second kappa shape index (κ2) is 6.86. The van der Waals surface area contributed by atoms with E-state index in [1.165, 1.54) is 0 Å². The molecule has 1 atom stereocenters. The van der Waals surface area contributed by atoms with Crippen molar-refractivity contribution < 1.29 is 19.1 Å². The molecule has 2 aromatic rings. The van der Waals surface area contributed by atoms with Crippen LogP contribution < -0.4 is 5.32 Å². The molecule has 0 aliphatic carbocycles. The molecule has 2 N–H and O–H groups in total. The zero-order valence-corrected chi connectivity index (χ0v) is 14.0. The number of amides is 1. The summed E-state index contributed by atoms with van der Waals surface area (Å²) in [6.45, 7) is 7.87. The number of nitrogens with one attached hydrogen (secondary N) is 1. The van der Waals surface area contributed by atoms with Crippen molar-refractivity contribution >= 4 is 22.8 Å². The number of carbonyl (C=O) groups excluding carboxylic acids is 1. The molecule has 0 saturated heterocycles. The number of carbonyl (C=O) groups is 2. The fraction of sp³-hybridized carbons (Fsp3) is 0.444. The predicted molar refractivity (Wildman–Crippen MR) is 88.4 cm³/mol. The van der Waals surface area contributed by atoms with E-state index in [1.54, 1.807) is 6.26 Å². The highest BCUT2D eigenvalue weighted by Gasteiger charge is 2.22. The van der Waals surface area contributed by atoms with Gasteiger partial charge in [-0.25, -0.2) is 4.79 Å². The third kappa shape index (κ3) is 4.12. The highest BCUT2D eigenvalue weighted by Crippen LogP contribution is 2.25. The average molecular weight is 317 g/mol. The van der Waals surface area contributed by atoms with E-state index in [4.69, 9.17) is 4.42 Å². The Morgan fingerprint density at radius 3 is 2.48 bits per heavy atom. The summed E-state index contributed by atoms with van der Waals surface area (Å²) in [5.41, 5.74) is 3.77. The number of hydrogen-bond acceptors (Lipinski definition) is 3. The van der Waals surface area contributed by atoms with Gasteiger partial charge < -0.3 is 14.8 Å². The summed E-state index contributed by atoms with van der Waals surface area (Å²) in [7, 11) is 0. The van der Waals surface area contributed by atoms with Gasteiger partial charge in [0.15, 0.2) is 0 Å². The van der Waals surface area contributed by atoms with Gasteiger partial charge in [-0.15, -0.1) is 0 Å². The molecule has 0 saturated carbocycles. The molecule has 1 heterocycles. The van der Waals surface area contributed by atoms with Gasteiger partial charge in [-0.05, 0) is 49.4 Å². The third-order valence-corrected chi connectivity index (χ3v) is 3.96. The van der Waals surface area contributed by atoms with Gasteiger partial charge >= 0.3 is 5.97 Å². The van der Waals surface area contributed by atoms with Crippen LogP contribution in [0.15, 0.2) is 22.8 Å². The number of carboxylic acid groups (broad SMARTS) is 1. The lowest BCUT2D eigenvalue weighted by molar-refractivity contribution is -0.142. The van der Waals surface area contributed by atoms with Crippen molar-refractivity contribution in [2.75, 3.05) is 0 Å². The molecule has 2 rings (SSSR count). The van der Waals surface area contributed by atoms with E-state index < -0.39 is 12.0 Å². The lowest BCUT2D eigenvalue weighted by Crippen LogP contribution is -2.42. The van der Waals surface area contributed by atoms with Gasteiger partial charge in [-0.1, -0.05) is 13.8 Å². The Morgan fingerprint density at radius 1 is 1.22 bits per heavy atom. The highest BCUT2D eigenvalue weighted by atomic mass is 16.4. The maximum absolute atomic E-state index is 12.2. The Labute approximate surface area is 135 Å². The van der Waals surface area contributed by atoms with Crippen LogP contribution >= 0.6 is 0 Å².